The van der Waals surface area contributed by atoms with E-state index in [0.29, 0.717) is 11.4 Å². The Hall–Kier alpha value is -1.71. The third-order valence-corrected chi connectivity index (χ3v) is 1.81. The normalized spacial score (nSPS) is 10.5. The standard InChI is InChI=1S/C10H7F2N2/c1-7-4-5-14(13-7)8-2-3-9(11)10(12)6-8/h2-6H,1H2. The van der Waals surface area contributed by atoms with Crippen LogP contribution in [0.3, 0.4) is 0 Å². The van der Waals surface area contributed by atoms with E-state index in [1.807, 2.05) is 0 Å². The second-order valence-electron chi connectivity index (χ2n) is 2.85. The Morgan fingerprint density at radius 3 is 2.50 bits per heavy atom. The lowest BCUT2D eigenvalue weighted by molar-refractivity contribution is 0.507. The summed E-state index contributed by atoms with van der Waals surface area (Å²) in [6.45, 7) is 3.61. The predicted octanol–water partition coefficient (Wildman–Crippen LogP) is 2.33. The van der Waals surface area contributed by atoms with Crippen LogP contribution in [0.25, 0.3) is 5.69 Å². The Labute approximate surface area is 79.8 Å². The van der Waals surface area contributed by atoms with E-state index in [0.717, 1.165) is 12.1 Å². The summed E-state index contributed by atoms with van der Waals surface area (Å²) < 4.78 is 26.9. The number of aromatic nitrogens is 2. The van der Waals surface area contributed by atoms with Crippen molar-refractivity contribution in [3.8, 4) is 5.69 Å². The first-order valence-corrected chi connectivity index (χ1v) is 4.00. The summed E-state index contributed by atoms with van der Waals surface area (Å²) in [5.74, 6) is -1.75. The van der Waals surface area contributed by atoms with Gasteiger partial charge >= 0.3 is 0 Å². The average Bonchev–Trinajstić information content (AvgIpc) is 2.57. The Morgan fingerprint density at radius 2 is 1.93 bits per heavy atom. The molecule has 0 aliphatic carbocycles. The molecular weight excluding hydrogens is 186 g/mol. The van der Waals surface area contributed by atoms with Gasteiger partial charge in [0, 0.05) is 12.3 Å². The molecule has 0 amide bonds. The quantitative estimate of drug-likeness (QED) is 0.679. The SMILES string of the molecule is [CH2]c1ccn(-c2ccc(F)c(F)c2)n1. The molecule has 0 unspecified atom stereocenters. The molecule has 0 aliphatic rings. The first-order valence-electron chi connectivity index (χ1n) is 4.00. The minimum absolute atomic E-state index is 0.471. The van der Waals surface area contributed by atoms with E-state index in [2.05, 4.69) is 12.0 Å². The molecule has 0 fully saturated rings. The molecule has 2 nitrogen and oxygen atoms in total. The van der Waals surface area contributed by atoms with Gasteiger partial charge in [0.15, 0.2) is 11.6 Å². The van der Waals surface area contributed by atoms with Crippen molar-refractivity contribution in [2.24, 2.45) is 0 Å². The molecule has 0 aliphatic heterocycles. The van der Waals surface area contributed by atoms with Gasteiger partial charge in [-0.05, 0) is 25.1 Å². The highest BCUT2D eigenvalue weighted by molar-refractivity contribution is 5.32. The molecule has 2 aromatic rings. The van der Waals surface area contributed by atoms with Crippen LogP contribution in [0.5, 0.6) is 0 Å². The molecule has 0 bridgehead atoms. The number of rotatable bonds is 1. The molecule has 0 N–H and O–H groups in total. The molecule has 0 saturated heterocycles. The predicted molar refractivity (Wildman–Crippen MR) is 47.9 cm³/mol. The summed E-state index contributed by atoms with van der Waals surface area (Å²) >= 11 is 0. The first kappa shape index (κ1) is 8.87. The van der Waals surface area contributed by atoms with Crippen LogP contribution in [-0.2, 0) is 0 Å². The largest absolute Gasteiger partial charge is 0.241 e. The van der Waals surface area contributed by atoms with Gasteiger partial charge in [-0.2, -0.15) is 5.10 Å². The van der Waals surface area contributed by atoms with Gasteiger partial charge in [0.2, 0.25) is 0 Å². The number of nitrogens with zero attached hydrogens (tertiary/aromatic N) is 2. The molecule has 71 valence electrons. The number of hydrogen-bond acceptors (Lipinski definition) is 1. The van der Waals surface area contributed by atoms with Crippen LogP contribution < -0.4 is 0 Å². The molecule has 0 spiro atoms. The van der Waals surface area contributed by atoms with Crippen molar-refractivity contribution in [3.63, 3.8) is 0 Å². The summed E-state index contributed by atoms with van der Waals surface area (Å²) in [4.78, 5) is 0. The summed E-state index contributed by atoms with van der Waals surface area (Å²) in [6, 6.07) is 5.28. The van der Waals surface area contributed by atoms with E-state index in [1.165, 1.54) is 10.7 Å². The van der Waals surface area contributed by atoms with Crippen molar-refractivity contribution in [2.75, 3.05) is 0 Å². The maximum atomic E-state index is 12.8. The zero-order valence-electron chi connectivity index (χ0n) is 7.24. The Kier molecular flexibility index (Phi) is 2.04. The van der Waals surface area contributed by atoms with Crippen molar-refractivity contribution in [2.45, 2.75) is 0 Å². The van der Waals surface area contributed by atoms with Crippen molar-refractivity contribution in [3.05, 3.63) is 54.7 Å². The van der Waals surface area contributed by atoms with E-state index in [-0.39, 0.29) is 0 Å². The van der Waals surface area contributed by atoms with Gasteiger partial charge in [-0.1, -0.05) is 0 Å². The molecule has 0 saturated carbocycles. The molecule has 1 aromatic heterocycles. The van der Waals surface area contributed by atoms with Crippen LogP contribution in [0.2, 0.25) is 0 Å². The summed E-state index contributed by atoms with van der Waals surface area (Å²) in [7, 11) is 0. The van der Waals surface area contributed by atoms with Gasteiger partial charge in [0.1, 0.15) is 0 Å². The van der Waals surface area contributed by atoms with Crippen LogP contribution in [0.1, 0.15) is 5.69 Å². The average molecular weight is 193 g/mol. The van der Waals surface area contributed by atoms with E-state index < -0.39 is 11.6 Å². The van der Waals surface area contributed by atoms with Gasteiger partial charge in [0.05, 0.1) is 11.4 Å². The second kappa shape index (κ2) is 3.21. The van der Waals surface area contributed by atoms with Gasteiger partial charge in [-0.25, -0.2) is 13.5 Å². The van der Waals surface area contributed by atoms with Gasteiger partial charge in [-0.15, -0.1) is 0 Å². The lowest BCUT2D eigenvalue weighted by Gasteiger charge is -2.01. The maximum absolute atomic E-state index is 12.8. The molecule has 14 heavy (non-hydrogen) atoms. The molecule has 0 atom stereocenters. The van der Waals surface area contributed by atoms with E-state index in [4.69, 9.17) is 0 Å². The minimum atomic E-state index is -0.886. The first-order chi connectivity index (χ1) is 6.66. The van der Waals surface area contributed by atoms with Crippen LogP contribution in [-0.4, -0.2) is 9.78 Å². The number of benzene rings is 1. The monoisotopic (exact) mass is 193 g/mol. The third kappa shape index (κ3) is 1.51. The number of halogens is 2. The highest BCUT2D eigenvalue weighted by atomic mass is 19.2. The Balaban J connectivity index is 2.47. The van der Waals surface area contributed by atoms with E-state index >= 15 is 0 Å². The molecule has 1 aromatic carbocycles. The van der Waals surface area contributed by atoms with Gasteiger partial charge in [0.25, 0.3) is 0 Å². The number of hydrogen-bond donors (Lipinski definition) is 0. The fraction of sp³-hybridized carbons (Fsp3) is 0. The topological polar surface area (TPSA) is 17.8 Å². The fourth-order valence-electron chi connectivity index (χ4n) is 1.13. The van der Waals surface area contributed by atoms with Gasteiger partial charge < -0.3 is 0 Å². The van der Waals surface area contributed by atoms with Crippen molar-refractivity contribution in [1.29, 1.82) is 0 Å². The second-order valence-corrected chi connectivity index (χ2v) is 2.85. The smallest absolute Gasteiger partial charge is 0.160 e. The van der Waals surface area contributed by atoms with Gasteiger partial charge in [-0.3, -0.25) is 0 Å². The Morgan fingerprint density at radius 1 is 1.14 bits per heavy atom. The fourth-order valence-corrected chi connectivity index (χ4v) is 1.13. The zero-order chi connectivity index (χ0) is 10.1. The van der Waals surface area contributed by atoms with E-state index in [9.17, 15) is 8.78 Å². The van der Waals surface area contributed by atoms with Crippen LogP contribution >= 0.6 is 0 Å². The zero-order valence-corrected chi connectivity index (χ0v) is 7.24. The highest BCUT2D eigenvalue weighted by Gasteiger charge is 2.04. The lowest BCUT2D eigenvalue weighted by atomic mass is 10.3. The summed E-state index contributed by atoms with van der Waals surface area (Å²) in [5, 5.41) is 3.97. The van der Waals surface area contributed by atoms with Crippen LogP contribution in [0.15, 0.2) is 30.5 Å². The maximum Gasteiger partial charge on any atom is 0.160 e. The highest BCUT2D eigenvalue weighted by Crippen LogP contribution is 2.12. The summed E-state index contributed by atoms with van der Waals surface area (Å²) in [5.41, 5.74) is 1.05. The minimum Gasteiger partial charge on any atom is -0.241 e. The van der Waals surface area contributed by atoms with Crippen molar-refractivity contribution in [1.82, 2.24) is 9.78 Å². The van der Waals surface area contributed by atoms with E-state index in [1.54, 1.807) is 12.3 Å². The van der Waals surface area contributed by atoms with Crippen molar-refractivity contribution >= 4 is 0 Å². The van der Waals surface area contributed by atoms with Crippen LogP contribution in [0.4, 0.5) is 8.78 Å². The van der Waals surface area contributed by atoms with Crippen molar-refractivity contribution < 1.29 is 8.78 Å². The summed E-state index contributed by atoms with van der Waals surface area (Å²) in [6.07, 6.45) is 1.63. The molecule has 1 radical (unpaired) electrons. The molecule has 4 heteroatoms. The molecule has 1 heterocycles. The lowest BCUT2D eigenvalue weighted by Crippen LogP contribution is -1.96. The molecular formula is C10H7F2N2. The Bertz CT molecular complexity index is 463. The van der Waals surface area contributed by atoms with Crippen LogP contribution in [0, 0.1) is 18.6 Å². The third-order valence-electron chi connectivity index (χ3n) is 1.81. The molecule has 2 rings (SSSR count).